The van der Waals surface area contributed by atoms with Crippen LogP contribution in [0.5, 0.6) is 0 Å². The molecule has 0 amide bonds. The minimum absolute atomic E-state index is 0.294. The summed E-state index contributed by atoms with van der Waals surface area (Å²) in [5.41, 5.74) is 1.73. The second-order valence-corrected chi connectivity index (χ2v) is 6.95. The third-order valence-electron chi connectivity index (χ3n) is 4.19. The third-order valence-corrected chi connectivity index (χ3v) is 4.89. The molecule has 2 rings (SSSR count). The summed E-state index contributed by atoms with van der Waals surface area (Å²) in [6, 6.07) is 10.8. The largest absolute Gasteiger partial charge is 0.357 e. The van der Waals surface area contributed by atoms with Gasteiger partial charge in [0.1, 0.15) is 0 Å². The molecule has 4 heteroatoms. The molecule has 0 bridgehead atoms. The molecular formula is C18H29N3S. The fourth-order valence-electron chi connectivity index (χ4n) is 2.63. The number of hydrogen-bond donors (Lipinski definition) is 2. The van der Waals surface area contributed by atoms with E-state index in [1.807, 2.05) is 11.8 Å². The minimum Gasteiger partial charge on any atom is -0.357 e. The van der Waals surface area contributed by atoms with Crippen molar-refractivity contribution in [2.45, 2.75) is 38.0 Å². The van der Waals surface area contributed by atoms with E-state index in [0.717, 1.165) is 25.6 Å². The molecule has 1 aromatic rings. The van der Waals surface area contributed by atoms with Gasteiger partial charge in [0.15, 0.2) is 5.96 Å². The maximum atomic E-state index is 4.83. The van der Waals surface area contributed by atoms with Crippen LogP contribution in [0.25, 0.3) is 0 Å². The second-order valence-electron chi connectivity index (χ2n) is 5.97. The Bertz CT molecular complexity index is 455. The van der Waals surface area contributed by atoms with Crippen LogP contribution in [0.1, 0.15) is 38.2 Å². The van der Waals surface area contributed by atoms with Crippen LogP contribution in [0.2, 0.25) is 0 Å². The number of nitrogens with zero attached hydrogens (tertiary/aromatic N) is 1. The normalized spacial score (nSPS) is 16.4. The highest BCUT2D eigenvalue weighted by Crippen LogP contribution is 2.48. The highest BCUT2D eigenvalue weighted by molar-refractivity contribution is 7.98. The summed E-state index contributed by atoms with van der Waals surface area (Å²) in [6.07, 6.45) is 7.15. The van der Waals surface area contributed by atoms with Crippen LogP contribution in [-0.2, 0) is 5.41 Å². The summed E-state index contributed by atoms with van der Waals surface area (Å²) in [4.78, 5) is 4.83. The molecule has 22 heavy (non-hydrogen) atoms. The van der Waals surface area contributed by atoms with Gasteiger partial charge in [-0.05, 0) is 50.2 Å². The van der Waals surface area contributed by atoms with Gasteiger partial charge < -0.3 is 10.6 Å². The van der Waals surface area contributed by atoms with Crippen molar-refractivity contribution in [2.75, 3.05) is 31.6 Å². The monoisotopic (exact) mass is 319 g/mol. The molecule has 122 valence electrons. The fraction of sp³-hybridized carbons (Fsp3) is 0.611. The van der Waals surface area contributed by atoms with Crippen molar-refractivity contribution in [3.63, 3.8) is 0 Å². The Morgan fingerprint density at radius 1 is 1.18 bits per heavy atom. The molecule has 0 aliphatic heterocycles. The molecule has 1 aromatic carbocycles. The van der Waals surface area contributed by atoms with Crippen molar-refractivity contribution < 1.29 is 0 Å². The molecule has 0 radical (unpaired) electrons. The summed E-state index contributed by atoms with van der Waals surface area (Å²) in [5.74, 6) is 2.21. The zero-order chi connectivity index (χ0) is 15.7. The summed E-state index contributed by atoms with van der Waals surface area (Å²) >= 11 is 1.92. The van der Waals surface area contributed by atoms with E-state index < -0.39 is 0 Å². The van der Waals surface area contributed by atoms with E-state index in [1.54, 1.807) is 0 Å². The molecule has 0 unspecified atom stereocenters. The number of hydrogen-bond acceptors (Lipinski definition) is 2. The lowest BCUT2D eigenvalue weighted by molar-refractivity contribution is 0.685. The molecule has 3 nitrogen and oxygen atoms in total. The number of benzene rings is 1. The molecule has 2 N–H and O–H groups in total. The second kappa shape index (κ2) is 9.09. The molecule has 0 spiro atoms. The van der Waals surface area contributed by atoms with Crippen LogP contribution in [0, 0.1) is 0 Å². The van der Waals surface area contributed by atoms with Gasteiger partial charge in [-0.25, -0.2) is 0 Å². The van der Waals surface area contributed by atoms with Gasteiger partial charge in [-0.3, -0.25) is 4.99 Å². The maximum absolute atomic E-state index is 4.83. The lowest BCUT2D eigenvalue weighted by atomic mass is 9.96. The van der Waals surface area contributed by atoms with Crippen molar-refractivity contribution in [1.29, 1.82) is 0 Å². The lowest BCUT2D eigenvalue weighted by Crippen LogP contribution is -2.38. The summed E-state index contributed by atoms with van der Waals surface area (Å²) in [6.45, 7) is 4.92. The van der Waals surface area contributed by atoms with E-state index in [-0.39, 0.29) is 0 Å². The quantitative estimate of drug-likeness (QED) is 0.416. The standard InChI is InChI=1S/C18H29N3S/c1-3-19-17(20-13-7-8-14-22-2)21-15-18(11-12-18)16-9-5-4-6-10-16/h4-6,9-10H,3,7-8,11-15H2,1-2H3,(H2,19,20,21). The van der Waals surface area contributed by atoms with Gasteiger partial charge in [-0.1, -0.05) is 30.3 Å². The van der Waals surface area contributed by atoms with Crippen molar-refractivity contribution in [2.24, 2.45) is 4.99 Å². The first-order valence-electron chi connectivity index (χ1n) is 8.37. The number of rotatable bonds is 9. The topological polar surface area (TPSA) is 36.4 Å². The summed E-state index contributed by atoms with van der Waals surface area (Å²) in [7, 11) is 0. The average molecular weight is 320 g/mol. The first-order valence-corrected chi connectivity index (χ1v) is 9.77. The molecule has 0 atom stereocenters. The zero-order valence-corrected chi connectivity index (χ0v) is 14.7. The molecule has 1 saturated carbocycles. The summed E-state index contributed by atoms with van der Waals surface area (Å²) in [5, 5.41) is 6.82. The summed E-state index contributed by atoms with van der Waals surface area (Å²) < 4.78 is 0. The van der Waals surface area contributed by atoms with Gasteiger partial charge in [-0.15, -0.1) is 0 Å². The smallest absolute Gasteiger partial charge is 0.191 e. The van der Waals surface area contributed by atoms with Crippen LogP contribution in [0.15, 0.2) is 35.3 Å². The van der Waals surface area contributed by atoms with Gasteiger partial charge in [0, 0.05) is 18.5 Å². The van der Waals surface area contributed by atoms with Crippen LogP contribution >= 0.6 is 11.8 Å². The Morgan fingerprint density at radius 2 is 1.95 bits per heavy atom. The minimum atomic E-state index is 0.294. The highest BCUT2D eigenvalue weighted by atomic mass is 32.2. The number of unbranched alkanes of at least 4 members (excludes halogenated alkanes) is 1. The van der Waals surface area contributed by atoms with Gasteiger partial charge in [0.25, 0.3) is 0 Å². The van der Waals surface area contributed by atoms with Crippen LogP contribution in [-0.4, -0.2) is 37.6 Å². The maximum Gasteiger partial charge on any atom is 0.191 e. The Balaban J connectivity index is 1.84. The SMILES string of the molecule is CCNC(=NCC1(c2ccccc2)CC1)NCCCCSC. The van der Waals surface area contributed by atoms with Crippen molar-refractivity contribution >= 4 is 17.7 Å². The molecule has 1 aliphatic rings. The Hall–Kier alpha value is -1.16. The van der Waals surface area contributed by atoms with Crippen molar-refractivity contribution in [1.82, 2.24) is 10.6 Å². The lowest BCUT2D eigenvalue weighted by Gasteiger charge is -2.16. The van der Waals surface area contributed by atoms with Gasteiger partial charge in [-0.2, -0.15) is 11.8 Å². The Labute approximate surface area is 139 Å². The van der Waals surface area contributed by atoms with Crippen molar-refractivity contribution in [3.05, 3.63) is 35.9 Å². The van der Waals surface area contributed by atoms with E-state index in [2.05, 4.69) is 54.1 Å². The van der Waals surface area contributed by atoms with E-state index in [9.17, 15) is 0 Å². The van der Waals surface area contributed by atoms with Gasteiger partial charge >= 0.3 is 0 Å². The fourth-order valence-corrected chi connectivity index (χ4v) is 3.12. The van der Waals surface area contributed by atoms with E-state index in [0.29, 0.717) is 5.41 Å². The molecule has 0 saturated heterocycles. The number of aliphatic imine (C=N–C) groups is 1. The Morgan fingerprint density at radius 3 is 2.59 bits per heavy atom. The van der Waals surface area contributed by atoms with Crippen molar-refractivity contribution in [3.8, 4) is 0 Å². The predicted molar refractivity (Wildman–Crippen MR) is 99.0 cm³/mol. The van der Waals surface area contributed by atoms with E-state index in [1.165, 1.54) is 37.0 Å². The molecular weight excluding hydrogens is 290 g/mol. The molecule has 0 aromatic heterocycles. The number of guanidine groups is 1. The molecule has 1 aliphatic carbocycles. The van der Waals surface area contributed by atoms with Crippen LogP contribution < -0.4 is 10.6 Å². The first-order chi connectivity index (χ1) is 10.8. The Kier molecular flexibility index (Phi) is 7.10. The van der Waals surface area contributed by atoms with Gasteiger partial charge in [0.2, 0.25) is 0 Å². The van der Waals surface area contributed by atoms with E-state index >= 15 is 0 Å². The number of thioether (sulfide) groups is 1. The molecule has 1 fully saturated rings. The predicted octanol–water partition coefficient (Wildman–Crippen LogP) is 3.42. The highest BCUT2D eigenvalue weighted by Gasteiger charge is 2.43. The molecule has 0 heterocycles. The van der Waals surface area contributed by atoms with Gasteiger partial charge in [0.05, 0.1) is 6.54 Å². The first kappa shape index (κ1) is 17.2. The zero-order valence-electron chi connectivity index (χ0n) is 13.9. The van der Waals surface area contributed by atoms with Crippen LogP contribution in [0.3, 0.4) is 0 Å². The third kappa shape index (κ3) is 5.24. The van der Waals surface area contributed by atoms with E-state index in [4.69, 9.17) is 4.99 Å². The van der Waals surface area contributed by atoms with Crippen LogP contribution in [0.4, 0.5) is 0 Å². The average Bonchev–Trinajstić information content (AvgIpc) is 3.34. The number of nitrogens with one attached hydrogen (secondary N) is 2.